The minimum Gasteiger partial charge on any atom is -0.481 e. The summed E-state index contributed by atoms with van der Waals surface area (Å²) >= 11 is 1.94. The molecule has 120 valence electrons. The van der Waals surface area contributed by atoms with Crippen molar-refractivity contribution in [1.82, 2.24) is 10.2 Å². The Balaban J connectivity index is 1.75. The molecule has 5 nitrogen and oxygen atoms in total. The van der Waals surface area contributed by atoms with E-state index < -0.39 is 5.97 Å². The van der Waals surface area contributed by atoms with Gasteiger partial charge in [0.25, 0.3) is 0 Å². The summed E-state index contributed by atoms with van der Waals surface area (Å²) in [4.78, 5) is 24.9. The second-order valence-corrected chi connectivity index (χ2v) is 7.53. The molecule has 1 heterocycles. The molecule has 2 unspecified atom stereocenters. The zero-order valence-electron chi connectivity index (χ0n) is 12.7. The minimum absolute atomic E-state index is 0.0392. The van der Waals surface area contributed by atoms with Crippen molar-refractivity contribution >= 4 is 23.8 Å². The zero-order valence-corrected chi connectivity index (χ0v) is 13.5. The molecule has 0 spiro atoms. The van der Waals surface area contributed by atoms with Crippen molar-refractivity contribution in [1.29, 1.82) is 0 Å². The first-order valence-electron chi connectivity index (χ1n) is 7.99. The third-order valence-corrected chi connectivity index (χ3v) is 5.83. The highest BCUT2D eigenvalue weighted by Crippen LogP contribution is 2.30. The monoisotopic (exact) mass is 314 g/mol. The van der Waals surface area contributed by atoms with Crippen LogP contribution in [0.1, 0.15) is 45.4 Å². The summed E-state index contributed by atoms with van der Waals surface area (Å²) in [5, 5.41) is 12.6. The molecule has 0 bridgehead atoms. The molecule has 21 heavy (non-hydrogen) atoms. The predicted molar refractivity (Wildman–Crippen MR) is 84.6 cm³/mol. The summed E-state index contributed by atoms with van der Waals surface area (Å²) in [5.41, 5.74) is 0. The highest BCUT2D eigenvalue weighted by Gasteiger charge is 2.31. The molecule has 2 fully saturated rings. The maximum atomic E-state index is 12.3. The van der Waals surface area contributed by atoms with Crippen LogP contribution in [0.5, 0.6) is 0 Å². The Labute approximate surface area is 130 Å². The molecule has 0 aromatic rings. The van der Waals surface area contributed by atoms with Crippen LogP contribution in [0, 0.1) is 5.92 Å². The SMILES string of the molecule is CCSC1CCCC1NC(=O)N1CCC(CC(=O)O)CC1. The van der Waals surface area contributed by atoms with Crippen LogP contribution in [-0.2, 0) is 4.79 Å². The van der Waals surface area contributed by atoms with E-state index in [9.17, 15) is 9.59 Å². The molecule has 0 aromatic carbocycles. The number of piperidine rings is 1. The predicted octanol–water partition coefficient (Wildman–Crippen LogP) is 2.56. The lowest BCUT2D eigenvalue weighted by molar-refractivity contribution is -0.138. The first-order chi connectivity index (χ1) is 10.1. The van der Waals surface area contributed by atoms with Crippen LogP contribution >= 0.6 is 11.8 Å². The second kappa shape index (κ2) is 7.92. The van der Waals surface area contributed by atoms with Gasteiger partial charge >= 0.3 is 12.0 Å². The Morgan fingerprint density at radius 1 is 1.24 bits per heavy atom. The van der Waals surface area contributed by atoms with Crippen molar-refractivity contribution in [3.05, 3.63) is 0 Å². The number of carbonyl (C=O) groups excluding carboxylic acids is 1. The average Bonchev–Trinajstić information content (AvgIpc) is 2.86. The van der Waals surface area contributed by atoms with Crippen LogP contribution < -0.4 is 5.32 Å². The Bertz CT molecular complexity index is 370. The Morgan fingerprint density at radius 3 is 2.57 bits per heavy atom. The maximum Gasteiger partial charge on any atom is 0.317 e. The van der Waals surface area contributed by atoms with Gasteiger partial charge in [0.1, 0.15) is 0 Å². The van der Waals surface area contributed by atoms with Gasteiger partial charge in [-0.1, -0.05) is 13.3 Å². The van der Waals surface area contributed by atoms with E-state index in [-0.39, 0.29) is 18.4 Å². The number of aliphatic carboxylic acids is 1. The number of hydrogen-bond donors (Lipinski definition) is 2. The van der Waals surface area contributed by atoms with Gasteiger partial charge in [-0.2, -0.15) is 11.8 Å². The number of nitrogens with zero attached hydrogens (tertiary/aromatic N) is 1. The number of amides is 2. The van der Waals surface area contributed by atoms with Crippen LogP contribution in [0.4, 0.5) is 4.79 Å². The Hall–Kier alpha value is -0.910. The highest BCUT2D eigenvalue weighted by atomic mass is 32.2. The first-order valence-corrected chi connectivity index (χ1v) is 9.03. The number of urea groups is 1. The van der Waals surface area contributed by atoms with E-state index in [2.05, 4.69) is 12.2 Å². The third kappa shape index (κ3) is 4.80. The number of hydrogen-bond acceptors (Lipinski definition) is 3. The molecule has 6 heteroatoms. The van der Waals surface area contributed by atoms with Crippen LogP contribution in [-0.4, -0.2) is 52.1 Å². The number of carboxylic acids is 1. The maximum absolute atomic E-state index is 12.3. The number of nitrogens with one attached hydrogen (secondary N) is 1. The fourth-order valence-corrected chi connectivity index (χ4v) is 4.54. The number of carboxylic acid groups (broad SMARTS) is 1. The van der Waals surface area contributed by atoms with Gasteiger partial charge in [0.2, 0.25) is 0 Å². The molecule has 2 N–H and O–H groups in total. The zero-order chi connectivity index (χ0) is 15.2. The van der Waals surface area contributed by atoms with E-state index in [1.54, 1.807) is 0 Å². The average molecular weight is 314 g/mol. The lowest BCUT2D eigenvalue weighted by Crippen LogP contribution is -2.49. The third-order valence-electron chi connectivity index (χ3n) is 4.51. The van der Waals surface area contributed by atoms with Gasteiger partial charge in [0, 0.05) is 30.8 Å². The van der Waals surface area contributed by atoms with Crippen molar-refractivity contribution in [2.24, 2.45) is 5.92 Å². The van der Waals surface area contributed by atoms with Gasteiger partial charge in [-0.25, -0.2) is 4.79 Å². The summed E-state index contributed by atoms with van der Waals surface area (Å²) < 4.78 is 0. The number of likely N-dealkylation sites (tertiary alicyclic amines) is 1. The lowest BCUT2D eigenvalue weighted by Gasteiger charge is -2.33. The van der Waals surface area contributed by atoms with Crippen molar-refractivity contribution in [2.45, 2.75) is 56.7 Å². The number of rotatable bonds is 5. The topological polar surface area (TPSA) is 69.6 Å². The van der Waals surface area contributed by atoms with E-state index in [1.807, 2.05) is 16.7 Å². The Morgan fingerprint density at radius 2 is 1.95 bits per heavy atom. The molecule has 0 aromatic heterocycles. The molecule has 1 saturated carbocycles. The molecule has 1 aliphatic heterocycles. The quantitative estimate of drug-likeness (QED) is 0.818. The summed E-state index contributed by atoms with van der Waals surface area (Å²) in [7, 11) is 0. The highest BCUT2D eigenvalue weighted by molar-refractivity contribution is 7.99. The largest absolute Gasteiger partial charge is 0.481 e. The van der Waals surface area contributed by atoms with Crippen molar-refractivity contribution in [3.8, 4) is 0 Å². The van der Waals surface area contributed by atoms with Crippen molar-refractivity contribution in [2.75, 3.05) is 18.8 Å². The standard InChI is InChI=1S/C15H26N2O3S/c1-2-21-13-5-3-4-12(13)16-15(20)17-8-6-11(7-9-17)10-14(18)19/h11-13H,2-10H2,1H3,(H,16,20)(H,18,19). The van der Waals surface area contributed by atoms with Gasteiger partial charge in [0.05, 0.1) is 0 Å². The molecule has 2 rings (SSSR count). The number of carbonyl (C=O) groups is 2. The second-order valence-electron chi connectivity index (χ2n) is 6.01. The van der Waals surface area contributed by atoms with Gasteiger partial charge in [0.15, 0.2) is 0 Å². The summed E-state index contributed by atoms with van der Waals surface area (Å²) in [6.07, 6.45) is 5.31. The molecule has 1 aliphatic carbocycles. The van der Waals surface area contributed by atoms with Crippen LogP contribution in [0.3, 0.4) is 0 Å². The first kappa shape index (κ1) is 16.5. The molecule has 0 radical (unpaired) electrons. The molecule has 1 saturated heterocycles. The van der Waals surface area contributed by atoms with Crippen LogP contribution in [0.2, 0.25) is 0 Å². The van der Waals surface area contributed by atoms with Gasteiger partial charge < -0.3 is 15.3 Å². The molecular formula is C15H26N2O3S. The number of thioether (sulfide) groups is 1. The fourth-order valence-electron chi connectivity index (χ4n) is 3.34. The minimum atomic E-state index is -0.733. The normalized spacial score (nSPS) is 26.8. The fraction of sp³-hybridized carbons (Fsp3) is 0.867. The van der Waals surface area contributed by atoms with Crippen molar-refractivity contribution in [3.63, 3.8) is 0 Å². The van der Waals surface area contributed by atoms with Crippen LogP contribution in [0.15, 0.2) is 0 Å². The van der Waals surface area contributed by atoms with E-state index in [0.29, 0.717) is 24.4 Å². The van der Waals surface area contributed by atoms with Crippen LogP contribution in [0.25, 0.3) is 0 Å². The van der Waals surface area contributed by atoms with Gasteiger partial charge in [-0.05, 0) is 37.4 Å². The molecular weight excluding hydrogens is 288 g/mol. The summed E-state index contributed by atoms with van der Waals surface area (Å²) in [6, 6.07) is 0.344. The lowest BCUT2D eigenvalue weighted by atomic mass is 9.94. The molecule has 2 amide bonds. The van der Waals surface area contributed by atoms with Gasteiger partial charge in [-0.15, -0.1) is 0 Å². The molecule has 2 atom stereocenters. The summed E-state index contributed by atoms with van der Waals surface area (Å²) in [6.45, 7) is 3.53. The molecule has 2 aliphatic rings. The van der Waals surface area contributed by atoms with E-state index >= 15 is 0 Å². The van der Waals surface area contributed by atoms with E-state index in [1.165, 1.54) is 12.8 Å². The summed E-state index contributed by atoms with van der Waals surface area (Å²) in [5.74, 6) is 0.585. The van der Waals surface area contributed by atoms with Crippen molar-refractivity contribution < 1.29 is 14.7 Å². The Kier molecular flexibility index (Phi) is 6.21. The van der Waals surface area contributed by atoms with E-state index in [0.717, 1.165) is 25.0 Å². The van der Waals surface area contributed by atoms with Gasteiger partial charge in [-0.3, -0.25) is 4.79 Å². The smallest absolute Gasteiger partial charge is 0.317 e. The van der Waals surface area contributed by atoms with E-state index in [4.69, 9.17) is 5.11 Å².